The van der Waals surface area contributed by atoms with E-state index in [0.29, 0.717) is 17.8 Å². The van der Waals surface area contributed by atoms with E-state index < -0.39 is 11.9 Å². The molecular formula is C11H12FN3O2. The molecule has 2 fully saturated rings. The van der Waals surface area contributed by atoms with Gasteiger partial charge in [0.2, 0.25) is 5.95 Å². The van der Waals surface area contributed by atoms with Crippen molar-refractivity contribution in [3.05, 3.63) is 23.8 Å². The number of pyridine rings is 1. The second kappa shape index (κ2) is 3.66. The number of anilines is 1. The lowest BCUT2D eigenvalue weighted by Gasteiger charge is -2.29. The number of nitrogens with one attached hydrogen (secondary N) is 1. The number of carboxylic acids is 1. The van der Waals surface area contributed by atoms with Crippen LogP contribution < -0.4 is 10.2 Å². The average Bonchev–Trinajstić information content (AvgIpc) is 2.91. The molecule has 0 spiro atoms. The molecule has 2 aliphatic rings. The van der Waals surface area contributed by atoms with Crippen molar-refractivity contribution in [2.24, 2.45) is 0 Å². The number of aromatic carboxylic acids is 1. The predicted molar refractivity (Wildman–Crippen MR) is 58.7 cm³/mol. The fraction of sp³-hybridized carbons (Fsp3) is 0.455. The van der Waals surface area contributed by atoms with E-state index >= 15 is 0 Å². The molecule has 5 nitrogen and oxygen atoms in total. The van der Waals surface area contributed by atoms with Crippen molar-refractivity contribution in [2.75, 3.05) is 18.0 Å². The average molecular weight is 237 g/mol. The zero-order valence-electron chi connectivity index (χ0n) is 9.06. The smallest absolute Gasteiger partial charge is 0.340 e. The topological polar surface area (TPSA) is 65.5 Å². The van der Waals surface area contributed by atoms with Crippen LogP contribution >= 0.6 is 0 Å². The lowest BCUT2D eigenvalue weighted by atomic mass is 10.2. The standard InChI is InChI=1S/C11H12FN3O2/c12-10-9(11(16)17)2-8(4-14-10)15-5-6-1-7(15)3-13-6/h2,4,6-7,13H,1,3,5H2,(H,16,17)/t6-,7-/m1/s1. The van der Waals surface area contributed by atoms with Gasteiger partial charge in [0, 0.05) is 25.2 Å². The summed E-state index contributed by atoms with van der Waals surface area (Å²) in [6.45, 7) is 1.72. The molecule has 2 bridgehead atoms. The second-order valence-corrected chi connectivity index (χ2v) is 4.48. The van der Waals surface area contributed by atoms with Gasteiger partial charge in [-0.05, 0) is 12.5 Å². The Morgan fingerprint density at radius 3 is 3.06 bits per heavy atom. The van der Waals surface area contributed by atoms with E-state index in [-0.39, 0.29) is 5.56 Å². The first-order valence-corrected chi connectivity index (χ1v) is 5.54. The number of carbonyl (C=O) groups is 1. The zero-order chi connectivity index (χ0) is 12.0. The molecular weight excluding hydrogens is 225 g/mol. The van der Waals surface area contributed by atoms with Gasteiger partial charge < -0.3 is 15.3 Å². The Bertz CT molecular complexity index is 480. The molecule has 0 aliphatic carbocycles. The molecule has 0 saturated carbocycles. The fourth-order valence-corrected chi connectivity index (χ4v) is 2.62. The van der Waals surface area contributed by atoms with Crippen LogP contribution in [0.4, 0.5) is 10.1 Å². The highest BCUT2D eigenvalue weighted by molar-refractivity contribution is 5.88. The quantitative estimate of drug-likeness (QED) is 0.732. The Morgan fingerprint density at radius 1 is 1.65 bits per heavy atom. The van der Waals surface area contributed by atoms with E-state index in [0.717, 1.165) is 19.5 Å². The molecule has 0 aromatic carbocycles. The number of fused-ring (bicyclic) bond motifs is 2. The number of nitrogens with zero attached hydrogens (tertiary/aromatic N) is 2. The molecule has 0 unspecified atom stereocenters. The maximum atomic E-state index is 13.2. The molecule has 2 aliphatic heterocycles. The molecule has 90 valence electrons. The van der Waals surface area contributed by atoms with Gasteiger partial charge in [-0.25, -0.2) is 9.78 Å². The van der Waals surface area contributed by atoms with Crippen LogP contribution in [0.15, 0.2) is 12.3 Å². The maximum absolute atomic E-state index is 13.2. The first kappa shape index (κ1) is 10.5. The number of rotatable bonds is 2. The van der Waals surface area contributed by atoms with Gasteiger partial charge in [0.25, 0.3) is 0 Å². The van der Waals surface area contributed by atoms with E-state index in [2.05, 4.69) is 15.2 Å². The van der Waals surface area contributed by atoms with E-state index in [4.69, 9.17) is 5.11 Å². The van der Waals surface area contributed by atoms with Crippen LogP contribution in [0, 0.1) is 5.95 Å². The molecule has 1 aromatic heterocycles. The largest absolute Gasteiger partial charge is 0.478 e. The Labute approximate surface area is 97.3 Å². The van der Waals surface area contributed by atoms with Crippen LogP contribution in [0.2, 0.25) is 0 Å². The Morgan fingerprint density at radius 2 is 2.47 bits per heavy atom. The molecule has 2 saturated heterocycles. The first-order chi connectivity index (χ1) is 8.15. The maximum Gasteiger partial charge on any atom is 0.340 e. The predicted octanol–water partition coefficient (Wildman–Crippen LogP) is 0.469. The summed E-state index contributed by atoms with van der Waals surface area (Å²) in [6.07, 6.45) is 2.46. The van der Waals surface area contributed by atoms with Gasteiger partial charge in [-0.2, -0.15) is 4.39 Å². The van der Waals surface area contributed by atoms with Gasteiger partial charge in [0.15, 0.2) is 0 Å². The monoisotopic (exact) mass is 237 g/mol. The number of piperazine rings is 1. The lowest BCUT2D eigenvalue weighted by molar-refractivity contribution is 0.0691. The summed E-state index contributed by atoms with van der Waals surface area (Å²) < 4.78 is 13.2. The molecule has 0 amide bonds. The molecule has 1 aromatic rings. The van der Waals surface area contributed by atoms with Crippen molar-refractivity contribution in [2.45, 2.75) is 18.5 Å². The van der Waals surface area contributed by atoms with Crippen molar-refractivity contribution in [3.63, 3.8) is 0 Å². The van der Waals surface area contributed by atoms with Crippen LogP contribution in [-0.4, -0.2) is 41.2 Å². The summed E-state index contributed by atoms with van der Waals surface area (Å²) in [5.41, 5.74) is 0.330. The van der Waals surface area contributed by atoms with Gasteiger partial charge in [0.1, 0.15) is 5.56 Å². The number of aromatic nitrogens is 1. The summed E-state index contributed by atoms with van der Waals surface area (Å²) >= 11 is 0. The van der Waals surface area contributed by atoms with Crippen molar-refractivity contribution in [3.8, 4) is 0 Å². The number of hydrogen-bond donors (Lipinski definition) is 2. The normalized spacial score (nSPS) is 26.5. The molecule has 2 N–H and O–H groups in total. The van der Waals surface area contributed by atoms with E-state index in [9.17, 15) is 9.18 Å². The summed E-state index contributed by atoms with van der Waals surface area (Å²) in [7, 11) is 0. The number of halogens is 1. The van der Waals surface area contributed by atoms with Gasteiger partial charge in [-0.1, -0.05) is 0 Å². The third-order valence-electron chi connectivity index (χ3n) is 3.44. The van der Waals surface area contributed by atoms with E-state index in [1.807, 2.05) is 0 Å². The van der Waals surface area contributed by atoms with Crippen molar-refractivity contribution in [1.82, 2.24) is 10.3 Å². The minimum atomic E-state index is -1.28. The third kappa shape index (κ3) is 1.64. The minimum Gasteiger partial charge on any atom is -0.478 e. The SMILES string of the molecule is O=C(O)c1cc(N2C[C@H]3C[C@@H]2CN3)cnc1F. The molecule has 3 rings (SSSR count). The Hall–Kier alpha value is -1.69. The fourth-order valence-electron chi connectivity index (χ4n) is 2.62. The molecule has 17 heavy (non-hydrogen) atoms. The first-order valence-electron chi connectivity index (χ1n) is 5.54. The highest BCUT2D eigenvalue weighted by Crippen LogP contribution is 2.29. The Balaban J connectivity index is 1.93. The van der Waals surface area contributed by atoms with Gasteiger partial charge in [0.05, 0.1) is 11.9 Å². The van der Waals surface area contributed by atoms with Crippen LogP contribution in [0.1, 0.15) is 16.8 Å². The second-order valence-electron chi connectivity index (χ2n) is 4.48. The Kier molecular flexibility index (Phi) is 2.25. The summed E-state index contributed by atoms with van der Waals surface area (Å²) in [5.74, 6) is -2.21. The number of carboxylic acid groups (broad SMARTS) is 1. The zero-order valence-corrected chi connectivity index (χ0v) is 9.06. The van der Waals surface area contributed by atoms with Crippen LogP contribution in [-0.2, 0) is 0 Å². The summed E-state index contributed by atoms with van der Waals surface area (Å²) in [4.78, 5) is 16.5. The molecule has 0 radical (unpaired) electrons. The van der Waals surface area contributed by atoms with Gasteiger partial charge >= 0.3 is 5.97 Å². The van der Waals surface area contributed by atoms with Crippen molar-refractivity contribution >= 4 is 11.7 Å². The van der Waals surface area contributed by atoms with Crippen LogP contribution in [0.25, 0.3) is 0 Å². The number of hydrogen-bond acceptors (Lipinski definition) is 4. The molecule has 6 heteroatoms. The van der Waals surface area contributed by atoms with Crippen LogP contribution in [0.5, 0.6) is 0 Å². The summed E-state index contributed by atoms with van der Waals surface area (Å²) in [5, 5.41) is 12.2. The van der Waals surface area contributed by atoms with Crippen LogP contribution in [0.3, 0.4) is 0 Å². The molecule has 2 atom stereocenters. The van der Waals surface area contributed by atoms with E-state index in [1.54, 1.807) is 0 Å². The highest BCUT2D eigenvalue weighted by atomic mass is 19.1. The van der Waals surface area contributed by atoms with Crippen molar-refractivity contribution < 1.29 is 14.3 Å². The third-order valence-corrected chi connectivity index (χ3v) is 3.44. The lowest BCUT2D eigenvalue weighted by Crippen LogP contribution is -2.43. The highest BCUT2D eigenvalue weighted by Gasteiger charge is 2.38. The molecule has 3 heterocycles. The minimum absolute atomic E-state index is 0.363. The van der Waals surface area contributed by atoms with Gasteiger partial charge in [-0.3, -0.25) is 0 Å². The summed E-state index contributed by atoms with van der Waals surface area (Å²) in [6, 6.07) is 2.19. The van der Waals surface area contributed by atoms with Gasteiger partial charge in [-0.15, -0.1) is 0 Å². The van der Waals surface area contributed by atoms with E-state index in [1.165, 1.54) is 12.3 Å². The van der Waals surface area contributed by atoms with Crippen molar-refractivity contribution in [1.29, 1.82) is 0 Å².